The fraction of sp³-hybridized carbons (Fsp3) is 0.727. The Kier molecular flexibility index (Phi) is 4.82. The molecule has 0 radical (unpaired) electrons. The number of rotatable bonds is 6. The van der Waals surface area contributed by atoms with Gasteiger partial charge < -0.3 is 20.0 Å². The van der Waals surface area contributed by atoms with E-state index in [1.54, 1.807) is 13.1 Å². The molecule has 7 nitrogen and oxygen atoms in total. The van der Waals surface area contributed by atoms with Crippen LogP contribution in [0.4, 0.5) is 0 Å². The number of aliphatic carboxylic acids is 1. The van der Waals surface area contributed by atoms with E-state index in [4.69, 9.17) is 0 Å². The first-order valence-electron chi connectivity index (χ1n) is 6.04. The highest BCUT2D eigenvalue weighted by molar-refractivity contribution is 8.17. The largest absolute Gasteiger partial charge is 0.480 e. The Morgan fingerprint density at radius 3 is 2.95 bits per heavy atom. The molecular weight excluding hydrogens is 304 g/mol. The highest BCUT2D eigenvalue weighted by Crippen LogP contribution is 2.51. The van der Waals surface area contributed by atoms with Crippen LogP contribution in [0.5, 0.6) is 0 Å². The normalized spacial score (nSPS) is 34.0. The van der Waals surface area contributed by atoms with Crippen molar-refractivity contribution in [3.63, 3.8) is 0 Å². The van der Waals surface area contributed by atoms with Crippen molar-refractivity contribution in [3.8, 4) is 0 Å². The van der Waals surface area contributed by atoms with Gasteiger partial charge in [-0.1, -0.05) is 5.16 Å². The van der Waals surface area contributed by atoms with Gasteiger partial charge in [0.2, 0.25) is 5.91 Å². The molecule has 2 rings (SSSR count). The van der Waals surface area contributed by atoms with Gasteiger partial charge in [-0.15, -0.1) is 23.5 Å². The van der Waals surface area contributed by atoms with Crippen LogP contribution in [-0.2, 0) is 14.4 Å². The summed E-state index contributed by atoms with van der Waals surface area (Å²) >= 11 is 2.82. The number of β-lactam (4-membered cyclic amide) rings is 1. The van der Waals surface area contributed by atoms with Crippen molar-refractivity contribution in [3.05, 3.63) is 0 Å². The summed E-state index contributed by atoms with van der Waals surface area (Å²) in [5.41, 5.74) is 0. The summed E-state index contributed by atoms with van der Waals surface area (Å²) < 4.78 is -0.270. The molecule has 9 heteroatoms. The number of oxime groups is 1. The van der Waals surface area contributed by atoms with Crippen LogP contribution in [0.15, 0.2) is 5.16 Å². The van der Waals surface area contributed by atoms with Crippen LogP contribution in [0.3, 0.4) is 0 Å². The highest BCUT2D eigenvalue weighted by Gasteiger charge is 2.61. The van der Waals surface area contributed by atoms with Crippen molar-refractivity contribution < 1.29 is 24.6 Å². The molecule has 0 aliphatic carbocycles. The molecule has 2 aliphatic rings. The quantitative estimate of drug-likeness (QED) is 0.405. The molecule has 0 aromatic heterocycles. The molecule has 2 saturated heterocycles. The second-order valence-corrected chi connectivity index (χ2v) is 7.23. The summed E-state index contributed by atoms with van der Waals surface area (Å²) in [6.45, 7) is 1.56. The minimum Gasteiger partial charge on any atom is -0.480 e. The number of aliphatic hydroxyl groups is 1. The molecule has 2 aliphatic heterocycles. The number of fused-ring (bicyclic) bond motifs is 1. The van der Waals surface area contributed by atoms with Gasteiger partial charge >= 0.3 is 5.97 Å². The van der Waals surface area contributed by atoms with Gasteiger partial charge in [-0.2, -0.15) is 0 Å². The smallest absolute Gasteiger partial charge is 0.328 e. The zero-order valence-electron chi connectivity index (χ0n) is 11.0. The van der Waals surface area contributed by atoms with Crippen LogP contribution >= 0.6 is 23.5 Å². The summed E-state index contributed by atoms with van der Waals surface area (Å²) in [5, 5.41) is 22.2. The molecule has 5 atom stereocenters. The first kappa shape index (κ1) is 15.5. The third-order valence-electron chi connectivity index (χ3n) is 3.24. The molecule has 0 aromatic carbocycles. The lowest BCUT2D eigenvalue weighted by atomic mass is 9.91. The first-order valence-corrected chi connectivity index (χ1v) is 8.03. The number of carboxylic acids is 1. The van der Waals surface area contributed by atoms with Crippen LogP contribution in [0, 0.1) is 5.92 Å². The van der Waals surface area contributed by atoms with Crippen molar-refractivity contribution >= 4 is 41.6 Å². The minimum atomic E-state index is -1.02. The Morgan fingerprint density at radius 1 is 1.70 bits per heavy atom. The maximum absolute atomic E-state index is 12.0. The maximum atomic E-state index is 12.0. The molecule has 1 amide bonds. The monoisotopic (exact) mass is 320 g/mol. The molecule has 20 heavy (non-hydrogen) atoms. The molecule has 2 heterocycles. The van der Waals surface area contributed by atoms with Gasteiger partial charge in [0.15, 0.2) is 6.04 Å². The second-order valence-electron chi connectivity index (χ2n) is 4.49. The van der Waals surface area contributed by atoms with E-state index in [2.05, 4.69) is 9.99 Å². The molecule has 1 unspecified atom stereocenters. The molecule has 0 spiro atoms. The van der Waals surface area contributed by atoms with E-state index >= 15 is 0 Å². The van der Waals surface area contributed by atoms with E-state index in [0.717, 1.165) is 0 Å². The summed E-state index contributed by atoms with van der Waals surface area (Å²) in [6, 6.07) is -0.853. The Bertz CT molecular complexity index is 431. The maximum Gasteiger partial charge on any atom is 0.328 e. The van der Waals surface area contributed by atoms with Crippen LogP contribution in [-0.4, -0.2) is 68.2 Å². The van der Waals surface area contributed by atoms with Crippen molar-refractivity contribution in [1.82, 2.24) is 4.90 Å². The van der Waals surface area contributed by atoms with E-state index in [1.165, 1.54) is 35.5 Å². The van der Waals surface area contributed by atoms with E-state index in [0.29, 0.717) is 5.75 Å². The van der Waals surface area contributed by atoms with Gasteiger partial charge in [-0.05, 0) is 6.92 Å². The molecule has 0 saturated carbocycles. The highest BCUT2D eigenvalue weighted by atomic mass is 32.2. The summed E-state index contributed by atoms with van der Waals surface area (Å²) in [6.07, 6.45) is 0.790. The Balaban J connectivity index is 2.05. The van der Waals surface area contributed by atoms with Crippen molar-refractivity contribution in [1.29, 1.82) is 0 Å². The number of aliphatic hydroxyl groups excluding tert-OH is 1. The molecule has 0 bridgehead atoms. The molecule has 0 aromatic rings. The van der Waals surface area contributed by atoms with Crippen molar-refractivity contribution in [2.24, 2.45) is 11.1 Å². The Hall–Kier alpha value is -0.930. The molecule has 2 N–H and O–H groups in total. The van der Waals surface area contributed by atoms with Crippen LogP contribution in [0.2, 0.25) is 0 Å². The fourth-order valence-corrected chi connectivity index (χ4v) is 5.56. The number of thioether (sulfide) groups is 2. The lowest BCUT2D eigenvalue weighted by Gasteiger charge is -2.44. The van der Waals surface area contributed by atoms with Gasteiger partial charge in [0.25, 0.3) is 0 Å². The summed E-state index contributed by atoms with van der Waals surface area (Å²) in [5.74, 6) is -1.29. The Labute approximate surface area is 124 Å². The van der Waals surface area contributed by atoms with Gasteiger partial charge in [-0.25, -0.2) is 4.79 Å². The van der Waals surface area contributed by atoms with E-state index < -0.39 is 24.0 Å². The summed E-state index contributed by atoms with van der Waals surface area (Å²) in [4.78, 5) is 29.2. The van der Waals surface area contributed by atoms with Gasteiger partial charge in [0, 0.05) is 5.75 Å². The lowest BCUT2D eigenvalue weighted by Crippen LogP contribution is -2.64. The third kappa shape index (κ3) is 2.61. The van der Waals surface area contributed by atoms with Crippen LogP contribution in [0.1, 0.15) is 6.92 Å². The Morgan fingerprint density at radius 2 is 2.40 bits per heavy atom. The van der Waals surface area contributed by atoms with Gasteiger partial charge in [0.1, 0.15) is 7.11 Å². The SMILES string of the molecule is CON=CCS[C@@H]1S[C@@H]2[C@H](C(C)O)C(=O)N2[C@@H]1C(=O)O. The number of carbonyl (C=O) groups excluding carboxylic acids is 1. The topological polar surface area (TPSA) is 99.4 Å². The number of amides is 1. The zero-order valence-corrected chi connectivity index (χ0v) is 12.6. The number of hydrogen-bond donors (Lipinski definition) is 2. The standard InChI is InChI=1S/C11H16N2O5S2/c1-5(14)6-8(15)13-7(10(16)17)11(20-9(6)13)19-4-3-12-18-2/h3,5-7,9,11,14H,4H2,1-2H3,(H,16,17)/t5?,6-,7-,9-,11-/m1/s1. The fourth-order valence-electron chi connectivity index (χ4n) is 2.35. The van der Waals surface area contributed by atoms with Gasteiger partial charge in [-0.3, -0.25) is 4.79 Å². The molecule has 2 fully saturated rings. The average Bonchev–Trinajstić information content (AvgIpc) is 2.69. The molecular formula is C11H16N2O5S2. The number of carboxylic acid groups (broad SMARTS) is 1. The van der Waals surface area contributed by atoms with Crippen molar-refractivity contribution in [2.45, 2.75) is 29.0 Å². The first-order chi connectivity index (χ1) is 9.49. The van der Waals surface area contributed by atoms with E-state index in [-0.39, 0.29) is 15.9 Å². The number of nitrogens with zero attached hydrogens (tertiary/aromatic N) is 2. The van der Waals surface area contributed by atoms with Crippen LogP contribution in [0.25, 0.3) is 0 Å². The van der Waals surface area contributed by atoms with Crippen molar-refractivity contribution in [2.75, 3.05) is 12.9 Å². The molecule has 112 valence electrons. The predicted molar refractivity (Wildman–Crippen MR) is 76.6 cm³/mol. The third-order valence-corrected chi connectivity index (χ3v) is 6.23. The van der Waals surface area contributed by atoms with Gasteiger partial charge in [0.05, 0.1) is 28.2 Å². The lowest BCUT2D eigenvalue weighted by molar-refractivity contribution is -0.166. The van der Waals surface area contributed by atoms with E-state index in [1.807, 2.05) is 0 Å². The van der Waals surface area contributed by atoms with Crippen LogP contribution < -0.4 is 0 Å². The zero-order chi connectivity index (χ0) is 14.9. The average molecular weight is 320 g/mol. The van der Waals surface area contributed by atoms with E-state index in [9.17, 15) is 19.8 Å². The number of hydrogen-bond acceptors (Lipinski definition) is 7. The predicted octanol–water partition coefficient (Wildman–Crippen LogP) is 0.0432. The second kappa shape index (κ2) is 6.23. The summed E-state index contributed by atoms with van der Waals surface area (Å²) in [7, 11) is 1.43. The minimum absolute atomic E-state index is 0.250. The number of carbonyl (C=O) groups is 2.